The SMILES string of the molecule is Cl.O=C(NC1CC1)c1ccc(OCC2CCCNC2)cc1. The zero-order valence-electron chi connectivity index (χ0n) is 12.1. The minimum atomic E-state index is 0. The Morgan fingerprint density at radius 2 is 2.00 bits per heavy atom. The number of ether oxygens (including phenoxy) is 1. The maximum atomic E-state index is 11.9. The first-order chi connectivity index (χ1) is 9.81. The van der Waals surface area contributed by atoms with Crippen LogP contribution in [0.15, 0.2) is 24.3 Å². The lowest BCUT2D eigenvalue weighted by Crippen LogP contribution is -2.33. The largest absolute Gasteiger partial charge is 0.493 e. The monoisotopic (exact) mass is 310 g/mol. The first-order valence-corrected chi connectivity index (χ1v) is 7.56. The molecule has 1 amide bonds. The van der Waals surface area contributed by atoms with Gasteiger partial charge in [0.15, 0.2) is 0 Å². The summed E-state index contributed by atoms with van der Waals surface area (Å²) in [7, 11) is 0. The maximum absolute atomic E-state index is 11.9. The van der Waals surface area contributed by atoms with E-state index in [-0.39, 0.29) is 18.3 Å². The normalized spacial score (nSPS) is 21.2. The second-order valence-corrected chi connectivity index (χ2v) is 5.80. The summed E-state index contributed by atoms with van der Waals surface area (Å²) >= 11 is 0. The third-order valence-corrected chi connectivity index (χ3v) is 3.91. The molecule has 1 aliphatic carbocycles. The lowest BCUT2D eigenvalue weighted by atomic mass is 10.0. The molecule has 1 aliphatic heterocycles. The molecule has 3 rings (SSSR count). The first kappa shape index (κ1) is 16.1. The average molecular weight is 311 g/mol. The minimum Gasteiger partial charge on any atom is -0.493 e. The Balaban J connectivity index is 0.00000161. The Labute approximate surface area is 132 Å². The Bertz CT molecular complexity index is 454. The van der Waals surface area contributed by atoms with Crippen molar-refractivity contribution >= 4 is 18.3 Å². The van der Waals surface area contributed by atoms with Gasteiger partial charge in [-0.15, -0.1) is 12.4 Å². The van der Waals surface area contributed by atoms with Gasteiger partial charge in [0, 0.05) is 24.1 Å². The first-order valence-electron chi connectivity index (χ1n) is 7.56. The molecule has 1 aromatic rings. The molecule has 1 heterocycles. The number of rotatable bonds is 5. The van der Waals surface area contributed by atoms with Gasteiger partial charge in [0.05, 0.1) is 6.61 Å². The molecule has 1 unspecified atom stereocenters. The van der Waals surface area contributed by atoms with Crippen LogP contribution in [0, 0.1) is 5.92 Å². The molecule has 2 N–H and O–H groups in total. The fourth-order valence-electron chi connectivity index (χ4n) is 2.48. The van der Waals surface area contributed by atoms with Crippen LogP contribution in [0.4, 0.5) is 0 Å². The predicted molar refractivity (Wildman–Crippen MR) is 85.3 cm³/mol. The molecule has 1 aromatic carbocycles. The number of carbonyl (C=O) groups excluding carboxylic acids is 1. The number of benzene rings is 1. The summed E-state index contributed by atoms with van der Waals surface area (Å²) in [6.07, 6.45) is 4.69. The zero-order chi connectivity index (χ0) is 13.8. The fourth-order valence-corrected chi connectivity index (χ4v) is 2.48. The van der Waals surface area contributed by atoms with Crippen molar-refractivity contribution in [2.45, 2.75) is 31.7 Å². The molecular formula is C16H23ClN2O2. The lowest BCUT2D eigenvalue weighted by Gasteiger charge is -2.22. The molecule has 1 saturated heterocycles. The van der Waals surface area contributed by atoms with Gasteiger partial charge in [-0.05, 0) is 56.5 Å². The fraction of sp³-hybridized carbons (Fsp3) is 0.562. The highest BCUT2D eigenvalue weighted by atomic mass is 35.5. The van der Waals surface area contributed by atoms with Gasteiger partial charge in [-0.1, -0.05) is 0 Å². The van der Waals surface area contributed by atoms with Crippen molar-refractivity contribution in [2.24, 2.45) is 5.92 Å². The number of halogens is 1. The van der Waals surface area contributed by atoms with E-state index >= 15 is 0 Å². The summed E-state index contributed by atoms with van der Waals surface area (Å²) in [5, 5.41) is 6.37. The highest BCUT2D eigenvalue weighted by Gasteiger charge is 2.23. The van der Waals surface area contributed by atoms with Gasteiger partial charge in [0.1, 0.15) is 5.75 Å². The third-order valence-electron chi connectivity index (χ3n) is 3.91. The topological polar surface area (TPSA) is 50.4 Å². The Hall–Kier alpha value is -1.26. The van der Waals surface area contributed by atoms with Gasteiger partial charge in [0.2, 0.25) is 0 Å². The van der Waals surface area contributed by atoms with Crippen molar-refractivity contribution in [1.82, 2.24) is 10.6 Å². The van der Waals surface area contributed by atoms with E-state index in [9.17, 15) is 4.79 Å². The highest BCUT2D eigenvalue weighted by Crippen LogP contribution is 2.20. The van der Waals surface area contributed by atoms with E-state index in [2.05, 4.69) is 10.6 Å². The van der Waals surface area contributed by atoms with E-state index in [0.29, 0.717) is 17.5 Å². The molecule has 1 atom stereocenters. The number of carbonyl (C=O) groups is 1. The van der Waals surface area contributed by atoms with Crippen LogP contribution in [0.5, 0.6) is 5.75 Å². The van der Waals surface area contributed by atoms with Crippen LogP contribution in [-0.2, 0) is 0 Å². The summed E-state index contributed by atoms with van der Waals surface area (Å²) < 4.78 is 5.80. The third kappa shape index (κ3) is 4.90. The highest BCUT2D eigenvalue weighted by molar-refractivity contribution is 5.94. The van der Waals surface area contributed by atoms with E-state index in [1.165, 1.54) is 12.8 Å². The van der Waals surface area contributed by atoms with Crippen molar-refractivity contribution in [3.8, 4) is 5.75 Å². The van der Waals surface area contributed by atoms with Gasteiger partial charge < -0.3 is 15.4 Å². The number of piperidine rings is 1. The number of amides is 1. The van der Waals surface area contributed by atoms with E-state index in [1.807, 2.05) is 24.3 Å². The molecular weight excluding hydrogens is 288 g/mol. The van der Waals surface area contributed by atoms with E-state index in [4.69, 9.17) is 4.74 Å². The zero-order valence-corrected chi connectivity index (χ0v) is 13.0. The molecule has 2 fully saturated rings. The molecule has 21 heavy (non-hydrogen) atoms. The molecule has 116 valence electrons. The number of hydrogen-bond donors (Lipinski definition) is 2. The van der Waals surface area contributed by atoms with Gasteiger partial charge >= 0.3 is 0 Å². The summed E-state index contributed by atoms with van der Waals surface area (Å²) in [6.45, 7) is 2.92. The van der Waals surface area contributed by atoms with Crippen LogP contribution in [0.1, 0.15) is 36.0 Å². The van der Waals surface area contributed by atoms with Crippen LogP contribution in [-0.4, -0.2) is 31.6 Å². The average Bonchev–Trinajstić information content (AvgIpc) is 3.31. The van der Waals surface area contributed by atoms with Crippen molar-refractivity contribution in [2.75, 3.05) is 19.7 Å². The molecule has 0 spiro atoms. The van der Waals surface area contributed by atoms with Crippen LogP contribution in [0.25, 0.3) is 0 Å². The maximum Gasteiger partial charge on any atom is 0.251 e. The van der Waals surface area contributed by atoms with Gasteiger partial charge in [-0.25, -0.2) is 0 Å². The number of hydrogen-bond acceptors (Lipinski definition) is 3. The quantitative estimate of drug-likeness (QED) is 0.878. The van der Waals surface area contributed by atoms with Gasteiger partial charge in [-0.3, -0.25) is 4.79 Å². The second-order valence-electron chi connectivity index (χ2n) is 5.80. The van der Waals surface area contributed by atoms with Crippen molar-refractivity contribution < 1.29 is 9.53 Å². The van der Waals surface area contributed by atoms with Crippen LogP contribution in [0.3, 0.4) is 0 Å². The van der Waals surface area contributed by atoms with Crippen molar-refractivity contribution in [3.63, 3.8) is 0 Å². The molecule has 4 nitrogen and oxygen atoms in total. The molecule has 0 aromatic heterocycles. The molecule has 1 saturated carbocycles. The standard InChI is InChI=1S/C16H22N2O2.ClH/c19-16(18-14-5-6-14)13-3-7-15(8-4-13)20-11-12-2-1-9-17-10-12;/h3-4,7-8,12,14,17H,1-2,5-6,9-11H2,(H,18,19);1H. The summed E-state index contributed by atoms with van der Waals surface area (Å²) in [5.74, 6) is 1.47. The molecule has 2 aliphatic rings. The van der Waals surface area contributed by atoms with Crippen molar-refractivity contribution in [3.05, 3.63) is 29.8 Å². The van der Waals surface area contributed by atoms with E-state index in [1.54, 1.807) is 0 Å². The van der Waals surface area contributed by atoms with Crippen LogP contribution in [0.2, 0.25) is 0 Å². The van der Waals surface area contributed by atoms with Crippen LogP contribution < -0.4 is 15.4 Å². The smallest absolute Gasteiger partial charge is 0.251 e. The summed E-state index contributed by atoms with van der Waals surface area (Å²) in [6, 6.07) is 7.85. The minimum absolute atomic E-state index is 0. The Morgan fingerprint density at radius 3 is 2.62 bits per heavy atom. The van der Waals surface area contributed by atoms with Crippen molar-refractivity contribution in [1.29, 1.82) is 0 Å². The van der Waals surface area contributed by atoms with Gasteiger partial charge in [0.25, 0.3) is 5.91 Å². The molecule has 0 bridgehead atoms. The predicted octanol–water partition coefficient (Wildman–Crippen LogP) is 2.38. The van der Waals surface area contributed by atoms with Gasteiger partial charge in [-0.2, -0.15) is 0 Å². The van der Waals surface area contributed by atoms with Crippen LogP contribution >= 0.6 is 12.4 Å². The Kier molecular flexibility index (Phi) is 5.88. The second kappa shape index (κ2) is 7.66. The molecule has 0 radical (unpaired) electrons. The summed E-state index contributed by atoms with van der Waals surface area (Å²) in [5.41, 5.74) is 0.712. The lowest BCUT2D eigenvalue weighted by molar-refractivity contribution is 0.0951. The number of nitrogens with one attached hydrogen (secondary N) is 2. The van der Waals surface area contributed by atoms with E-state index < -0.39 is 0 Å². The summed E-state index contributed by atoms with van der Waals surface area (Å²) in [4.78, 5) is 11.9. The van der Waals surface area contributed by atoms with E-state index in [0.717, 1.165) is 38.3 Å². The molecule has 5 heteroatoms. The Morgan fingerprint density at radius 1 is 1.24 bits per heavy atom.